The van der Waals surface area contributed by atoms with Crippen molar-refractivity contribution in [1.82, 2.24) is 4.98 Å². The van der Waals surface area contributed by atoms with E-state index in [0.29, 0.717) is 12.8 Å². The van der Waals surface area contributed by atoms with Crippen LogP contribution >= 0.6 is 11.3 Å². The Morgan fingerprint density at radius 2 is 1.94 bits per heavy atom. The van der Waals surface area contributed by atoms with Crippen LogP contribution in [0.2, 0.25) is 0 Å². The number of allylic oxidation sites excluding steroid dienone is 8. The number of carbonyl (C=O) groups is 2. The van der Waals surface area contributed by atoms with Crippen molar-refractivity contribution in [3.8, 4) is 0 Å². The molecule has 1 amide bonds. The van der Waals surface area contributed by atoms with E-state index in [4.69, 9.17) is 10.5 Å². The molecule has 2 aliphatic carbocycles. The lowest BCUT2D eigenvalue weighted by Gasteiger charge is -2.24. The maximum Gasteiger partial charge on any atom is 0.306 e. The fraction of sp³-hybridized carbons (Fsp3) is 0.276. The standard InChI is InChI=1S/C29H30N2O3S/c1-29(2,17-26(32)34-3)16-25-31-18-24(35-25)23-11-7-10-22(27(23)28(30)33)21-14-12-20(13-15-21)19-8-5-4-6-9-19/h4-14,18,27H,15-17H2,1-3H3,(H2,30,33). The number of hydrogen-bond acceptors (Lipinski definition) is 5. The van der Waals surface area contributed by atoms with Gasteiger partial charge in [0.2, 0.25) is 5.91 Å². The number of methoxy groups -OCH3 is 1. The molecule has 180 valence electrons. The van der Waals surface area contributed by atoms with Gasteiger partial charge in [-0.2, -0.15) is 0 Å². The number of hydrogen-bond donors (Lipinski definition) is 1. The average molecular weight is 487 g/mol. The number of ether oxygens (including phenoxy) is 1. The van der Waals surface area contributed by atoms with Crippen LogP contribution in [0, 0.1) is 11.3 Å². The highest BCUT2D eigenvalue weighted by Gasteiger charge is 2.30. The van der Waals surface area contributed by atoms with Crippen LogP contribution < -0.4 is 5.73 Å². The molecule has 1 aromatic heterocycles. The van der Waals surface area contributed by atoms with Gasteiger partial charge in [0.1, 0.15) is 0 Å². The first-order valence-electron chi connectivity index (χ1n) is 11.6. The number of esters is 1. The Balaban J connectivity index is 1.57. The van der Waals surface area contributed by atoms with Gasteiger partial charge in [-0.25, -0.2) is 4.98 Å². The van der Waals surface area contributed by atoms with E-state index in [2.05, 4.69) is 35.3 Å². The van der Waals surface area contributed by atoms with Crippen LogP contribution in [0.4, 0.5) is 0 Å². The SMILES string of the molecule is COC(=O)CC(C)(C)Cc1ncc(C2=CC=CC(=C3C=CC(c4ccccc4)=CC3)C2C(N)=O)s1. The molecule has 4 rings (SSSR count). The Morgan fingerprint density at radius 3 is 2.60 bits per heavy atom. The Bertz CT molecular complexity index is 1280. The number of primary amides is 1. The van der Waals surface area contributed by atoms with E-state index in [1.807, 2.05) is 56.5 Å². The van der Waals surface area contributed by atoms with Crippen molar-refractivity contribution >= 4 is 34.4 Å². The van der Waals surface area contributed by atoms with Gasteiger partial charge < -0.3 is 10.5 Å². The monoisotopic (exact) mass is 486 g/mol. The third kappa shape index (κ3) is 5.77. The number of aromatic nitrogens is 1. The number of thiazole rings is 1. The average Bonchev–Trinajstić information content (AvgIpc) is 3.31. The summed E-state index contributed by atoms with van der Waals surface area (Å²) in [6, 6.07) is 10.3. The highest BCUT2D eigenvalue weighted by molar-refractivity contribution is 7.12. The lowest BCUT2D eigenvalue weighted by Crippen LogP contribution is -2.27. The summed E-state index contributed by atoms with van der Waals surface area (Å²) in [6.07, 6.45) is 15.8. The Kier molecular flexibility index (Phi) is 7.31. The zero-order valence-electron chi connectivity index (χ0n) is 20.3. The maximum absolute atomic E-state index is 12.7. The van der Waals surface area contributed by atoms with Crippen molar-refractivity contribution in [2.75, 3.05) is 7.11 Å². The van der Waals surface area contributed by atoms with E-state index in [0.717, 1.165) is 33.0 Å². The van der Waals surface area contributed by atoms with Crippen molar-refractivity contribution in [1.29, 1.82) is 0 Å². The van der Waals surface area contributed by atoms with E-state index in [-0.39, 0.29) is 17.3 Å². The molecular weight excluding hydrogens is 456 g/mol. The summed E-state index contributed by atoms with van der Waals surface area (Å²) < 4.78 is 4.83. The number of nitrogens with two attached hydrogens (primary N) is 1. The highest BCUT2D eigenvalue weighted by Crippen LogP contribution is 2.40. The zero-order valence-corrected chi connectivity index (χ0v) is 21.1. The van der Waals surface area contributed by atoms with Gasteiger partial charge in [0, 0.05) is 12.6 Å². The predicted octanol–water partition coefficient (Wildman–Crippen LogP) is 5.67. The molecular formula is C29H30N2O3S. The molecule has 2 aromatic rings. The molecule has 35 heavy (non-hydrogen) atoms. The molecule has 1 aromatic carbocycles. The summed E-state index contributed by atoms with van der Waals surface area (Å²) in [7, 11) is 1.40. The van der Waals surface area contributed by atoms with Gasteiger partial charge in [0.05, 0.1) is 29.3 Å². The molecule has 0 bridgehead atoms. The summed E-state index contributed by atoms with van der Waals surface area (Å²) in [6.45, 7) is 4.05. The summed E-state index contributed by atoms with van der Waals surface area (Å²) in [4.78, 5) is 29.9. The molecule has 1 atom stereocenters. The zero-order chi connectivity index (χ0) is 25.0. The fourth-order valence-corrected chi connectivity index (χ4v) is 5.74. The fourth-order valence-electron chi connectivity index (χ4n) is 4.50. The number of benzene rings is 1. The van der Waals surface area contributed by atoms with Crippen LogP contribution in [-0.2, 0) is 20.7 Å². The molecule has 0 aliphatic heterocycles. The topological polar surface area (TPSA) is 82.3 Å². The number of nitrogens with zero attached hydrogens (tertiary/aromatic N) is 1. The normalized spacial score (nSPS) is 19.8. The van der Waals surface area contributed by atoms with Crippen LogP contribution in [0.5, 0.6) is 0 Å². The summed E-state index contributed by atoms with van der Waals surface area (Å²) in [5.74, 6) is -1.15. The smallest absolute Gasteiger partial charge is 0.306 e. The van der Waals surface area contributed by atoms with Crippen LogP contribution in [0.3, 0.4) is 0 Å². The molecule has 0 saturated heterocycles. The summed E-state index contributed by atoms with van der Waals surface area (Å²) >= 11 is 1.54. The third-order valence-corrected chi connectivity index (χ3v) is 7.31. The van der Waals surface area contributed by atoms with Crippen LogP contribution in [0.15, 0.2) is 84.1 Å². The largest absolute Gasteiger partial charge is 0.469 e. The molecule has 1 heterocycles. The predicted molar refractivity (Wildman–Crippen MR) is 141 cm³/mol. The van der Waals surface area contributed by atoms with Crippen LogP contribution in [0.25, 0.3) is 11.1 Å². The van der Waals surface area contributed by atoms with Gasteiger partial charge in [0.25, 0.3) is 0 Å². The maximum atomic E-state index is 12.7. The van der Waals surface area contributed by atoms with E-state index < -0.39 is 5.92 Å². The lowest BCUT2D eigenvalue weighted by molar-refractivity contribution is -0.142. The Labute approximate surface area is 210 Å². The highest BCUT2D eigenvalue weighted by atomic mass is 32.1. The summed E-state index contributed by atoms with van der Waals surface area (Å²) in [5, 5.41) is 0.912. The van der Waals surface area contributed by atoms with Crippen LogP contribution in [0.1, 0.15) is 42.1 Å². The quantitative estimate of drug-likeness (QED) is 0.511. The third-order valence-electron chi connectivity index (χ3n) is 6.26. The van der Waals surface area contributed by atoms with Gasteiger partial charge in [-0.05, 0) is 39.7 Å². The minimum Gasteiger partial charge on any atom is -0.469 e. The van der Waals surface area contributed by atoms with E-state index in [1.54, 1.807) is 11.3 Å². The van der Waals surface area contributed by atoms with Gasteiger partial charge in [-0.15, -0.1) is 11.3 Å². The number of rotatable bonds is 7. The minimum atomic E-state index is -0.539. The van der Waals surface area contributed by atoms with Crippen molar-refractivity contribution < 1.29 is 14.3 Å². The first kappa shape index (κ1) is 24.6. The first-order chi connectivity index (χ1) is 16.8. The van der Waals surface area contributed by atoms with Gasteiger partial charge in [-0.1, -0.05) is 80.6 Å². The lowest BCUT2D eigenvalue weighted by atomic mass is 9.81. The second-order valence-electron chi connectivity index (χ2n) is 9.57. The van der Waals surface area contributed by atoms with Gasteiger partial charge >= 0.3 is 5.97 Å². The number of carbonyl (C=O) groups excluding carboxylic acids is 2. The van der Waals surface area contributed by atoms with E-state index >= 15 is 0 Å². The molecule has 2 aliphatic rings. The summed E-state index contributed by atoms with van der Waals surface area (Å²) in [5.41, 5.74) is 10.9. The molecule has 2 N–H and O–H groups in total. The van der Waals surface area contributed by atoms with Crippen molar-refractivity contribution in [3.63, 3.8) is 0 Å². The Hall–Kier alpha value is -3.51. The minimum absolute atomic E-state index is 0.234. The molecule has 6 heteroatoms. The molecule has 5 nitrogen and oxygen atoms in total. The molecule has 0 saturated carbocycles. The van der Waals surface area contributed by atoms with Crippen LogP contribution in [-0.4, -0.2) is 24.0 Å². The first-order valence-corrected chi connectivity index (χ1v) is 12.5. The van der Waals surface area contributed by atoms with Gasteiger partial charge in [0.15, 0.2) is 0 Å². The Morgan fingerprint density at radius 1 is 1.17 bits per heavy atom. The molecule has 0 fully saturated rings. The molecule has 0 spiro atoms. The van der Waals surface area contributed by atoms with E-state index in [9.17, 15) is 9.59 Å². The van der Waals surface area contributed by atoms with Crippen molar-refractivity contribution in [2.45, 2.75) is 33.1 Å². The van der Waals surface area contributed by atoms with Crippen molar-refractivity contribution in [2.24, 2.45) is 17.1 Å². The second-order valence-corrected chi connectivity index (χ2v) is 10.7. The number of amides is 1. The van der Waals surface area contributed by atoms with Crippen molar-refractivity contribution in [3.05, 3.63) is 99.6 Å². The van der Waals surface area contributed by atoms with Gasteiger partial charge in [-0.3, -0.25) is 9.59 Å². The van der Waals surface area contributed by atoms with E-state index in [1.165, 1.54) is 18.2 Å². The molecule has 0 radical (unpaired) electrons. The molecule has 1 unspecified atom stereocenters. The second kappa shape index (κ2) is 10.4.